The van der Waals surface area contributed by atoms with Crippen LogP contribution in [0.15, 0.2) is 12.1 Å². The highest BCUT2D eigenvalue weighted by molar-refractivity contribution is 5.82. The molecule has 0 unspecified atom stereocenters. The first kappa shape index (κ1) is 16.6. The third kappa shape index (κ3) is 3.33. The monoisotopic (exact) mass is 337 g/mol. The minimum atomic E-state index is -0.723. The SMILES string of the molecule is CN(Cc1cc(O)c(N2CC(=O)N[N+]2=O)c(F)c1)C1CCCCC1. The Morgan fingerprint density at radius 1 is 1.38 bits per heavy atom. The zero-order chi connectivity index (χ0) is 17.3. The molecule has 2 fully saturated rings. The summed E-state index contributed by atoms with van der Waals surface area (Å²) in [6.45, 7) is 0.197. The van der Waals surface area contributed by atoms with Gasteiger partial charge >= 0.3 is 5.91 Å². The molecule has 0 atom stereocenters. The lowest BCUT2D eigenvalue weighted by Gasteiger charge is -2.31. The second-order valence-corrected chi connectivity index (χ2v) is 6.52. The molecule has 1 saturated heterocycles. The fourth-order valence-electron chi connectivity index (χ4n) is 3.50. The molecule has 1 amide bonds. The molecule has 0 spiro atoms. The van der Waals surface area contributed by atoms with E-state index in [1.165, 1.54) is 31.4 Å². The summed E-state index contributed by atoms with van der Waals surface area (Å²) in [6.07, 6.45) is 5.96. The van der Waals surface area contributed by atoms with E-state index >= 15 is 0 Å². The highest BCUT2D eigenvalue weighted by atomic mass is 19.1. The number of hydrogen-bond donors (Lipinski definition) is 2. The molecule has 3 rings (SSSR count). The number of phenolic OH excluding ortho intramolecular Hbond substituents is 1. The van der Waals surface area contributed by atoms with Crippen molar-refractivity contribution in [2.24, 2.45) is 0 Å². The molecule has 1 heterocycles. The van der Waals surface area contributed by atoms with Crippen molar-refractivity contribution in [3.63, 3.8) is 0 Å². The lowest BCUT2D eigenvalue weighted by molar-refractivity contribution is -0.591. The van der Waals surface area contributed by atoms with Gasteiger partial charge < -0.3 is 5.11 Å². The molecule has 0 aromatic heterocycles. The summed E-state index contributed by atoms with van der Waals surface area (Å²) in [7, 11) is 2.00. The third-order valence-corrected chi connectivity index (χ3v) is 4.72. The second kappa shape index (κ2) is 6.72. The van der Waals surface area contributed by atoms with E-state index < -0.39 is 11.7 Å². The van der Waals surface area contributed by atoms with Crippen molar-refractivity contribution < 1.29 is 19.3 Å². The number of nitrogens with one attached hydrogen (secondary N) is 1. The van der Waals surface area contributed by atoms with Crippen molar-refractivity contribution in [2.45, 2.75) is 44.7 Å². The molecule has 0 radical (unpaired) electrons. The standard InChI is InChI=1S/C16H21FN4O3/c1-19(12-5-3-2-4-6-12)9-11-7-13(17)16(14(22)8-11)20-10-15(23)18-21(20)24/h7-8,12H,2-6,9-10H2,1H3,(H-,18,22,23,24)/p+1. The van der Waals surface area contributed by atoms with Crippen LogP contribution in [0, 0.1) is 10.7 Å². The Kier molecular flexibility index (Phi) is 4.66. The van der Waals surface area contributed by atoms with Gasteiger partial charge in [0.2, 0.25) is 0 Å². The molecule has 1 aromatic rings. The normalized spacial score (nSPS) is 19.2. The summed E-state index contributed by atoms with van der Waals surface area (Å²) in [5, 5.41) is 11.0. The number of benzene rings is 1. The van der Waals surface area contributed by atoms with Gasteiger partial charge in [-0.1, -0.05) is 29.7 Å². The van der Waals surface area contributed by atoms with E-state index in [1.807, 2.05) is 12.5 Å². The van der Waals surface area contributed by atoms with Crippen molar-refractivity contribution in [1.29, 1.82) is 0 Å². The van der Waals surface area contributed by atoms with Crippen LogP contribution in [-0.4, -0.2) is 40.5 Å². The number of rotatable bonds is 4. The zero-order valence-corrected chi connectivity index (χ0v) is 13.7. The fourth-order valence-corrected chi connectivity index (χ4v) is 3.50. The molecule has 1 aliphatic carbocycles. The molecule has 7 nitrogen and oxygen atoms in total. The maximum absolute atomic E-state index is 14.4. The second-order valence-electron chi connectivity index (χ2n) is 6.52. The highest BCUT2D eigenvalue weighted by Gasteiger charge is 2.40. The number of carbonyl (C=O) groups is 1. The van der Waals surface area contributed by atoms with Crippen LogP contribution in [-0.2, 0) is 11.3 Å². The molecule has 1 aliphatic heterocycles. The molecule has 1 saturated carbocycles. The number of amides is 1. The number of anilines is 1. The molecule has 130 valence electrons. The number of halogens is 1. The van der Waals surface area contributed by atoms with Crippen molar-refractivity contribution in [3.8, 4) is 5.75 Å². The van der Waals surface area contributed by atoms with Gasteiger partial charge in [-0.25, -0.2) is 4.39 Å². The van der Waals surface area contributed by atoms with Crippen LogP contribution in [0.3, 0.4) is 0 Å². The summed E-state index contributed by atoms with van der Waals surface area (Å²) in [6, 6.07) is 3.24. The molecule has 8 heteroatoms. The van der Waals surface area contributed by atoms with Crippen molar-refractivity contribution in [1.82, 2.24) is 10.3 Å². The van der Waals surface area contributed by atoms with Crippen molar-refractivity contribution in [2.75, 3.05) is 18.6 Å². The van der Waals surface area contributed by atoms with Gasteiger partial charge in [0.1, 0.15) is 5.75 Å². The molecule has 2 N–H and O–H groups in total. The van der Waals surface area contributed by atoms with Gasteiger partial charge in [0.05, 0.1) is 4.91 Å². The third-order valence-electron chi connectivity index (χ3n) is 4.72. The number of hydrogen-bond acceptors (Lipinski definition) is 4. The number of hydrazine groups is 2. The van der Waals surface area contributed by atoms with Gasteiger partial charge in [-0.3, -0.25) is 9.69 Å². The minimum Gasteiger partial charge on any atom is -0.505 e. The van der Waals surface area contributed by atoms with Crippen LogP contribution in [0.4, 0.5) is 10.1 Å². The summed E-state index contributed by atoms with van der Waals surface area (Å²) in [5.74, 6) is -1.62. The van der Waals surface area contributed by atoms with E-state index in [2.05, 4.69) is 4.90 Å². The highest BCUT2D eigenvalue weighted by Crippen LogP contribution is 2.33. The van der Waals surface area contributed by atoms with E-state index in [-0.39, 0.29) is 23.0 Å². The van der Waals surface area contributed by atoms with E-state index in [9.17, 15) is 19.2 Å². The average molecular weight is 337 g/mol. The Balaban J connectivity index is 1.77. The Hall–Kier alpha value is -2.22. The number of nitrogens with zero attached hydrogens (tertiary/aromatic N) is 3. The largest absolute Gasteiger partial charge is 0.505 e. The molecule has 1 aromatic carbocycles. The number of carbonyl (C=O) groups excluding carboxylic acids is 1. The Labute approximate surface area is 139 Å². The van der Waals surface area contributed by atoms with Gasteiger partial charge in [-0.2, -0.15) is 0 Å². The molecule has 2 aliphatic rings. The summed E-state index contributed by atoms with van der Waals surface area (Å²) >= 11 is 0. The molecule has 0 bridgehead atoms. The molecule has 24 heavy (non-hydrogen) atoms. The first-order chi connectivity index (χ1) is 11.5. The molecular formula is C16H22FN4O3+. The number of aromatic hydroxyl groups is 1. The van der Waals surface area contributed by atoms with Crippen molar-refractivity contribution >= 4 is 11.6 Å². The fraction of sp³-hybridized carbons (Fsp3) is 0.562. The lowest BCUT2D eigenvalue weighted by atomic mass is 9.94. The quantitative estimate of drug-likeness (QED) is 0.820. The van der Waals surface area contributed by atoms with E-state index in [1.54, 1.807) is 0 Å². The van der Waals surface area contributed by atoms with Crippen LogP contribution in [0.2, 0.25) is 0 Å². The first-order valence-corrected chi connectivity index (χ1v) is 8.21. The topological polar surface area (TPSA) is 75.9 Å². The van der Waals surface area contributed by atoms with Gasteiger partial charge in [0.25, 0.3) is 4.98 Å². The smallest absolute Gasteiger partial charge is 0.307 e. The first-order valence-electron chi connectivity index (χ1n) is 8.21. The summed E-state index contributed by atoms with van der Waals surface area (Å²) in [4.78, 5) is 25.1. The van der Waals surface area contributed by atoms with E-state index in [0.29, 0.717) is 18.2 Å². The van der Waals surface area contributed by atoms with Crippen LogP contribution in [0.5, 0.6) is 5.75 Å². The Morgan fingerprint density at radius 2 is 2.08 bits per heavy atom. The van der Waals surface area contributed by atoms with Crippen LogP contribution < -0.4 is 10.4 Å². The number of phenols is 1. The predicted molar refractivity (Wildman–Crippen MR) is 85.5 cm³/mol. The Morgan fingerprint density at radius 3 is 2.67 bits per heavy atom. The minimum absolute atomic E-state index is 0.133. The van der Waals surface area contributed by atoms with Crippen LogP contribution in [0.25, 0.3) is 0 Å². The molecular weight excluding hydrogens is 315 g/mol. The number of nitroso groups, excluding NO2 is 1. The average Bonchev–Trinajstić information content (AvgIpc) is 2.86. The predicted octanol–water partition coefficient (Wildman–Crippen LogP) is 1.84. The zero-order valence-electron chi connectivity index (χ0n) is 13.7. The summed E-state index contributed by atoms with van der Waals surface area (Å²) < 4.78 is 14.4. The van der Waals surface area contributed by atoms with Crippen molar-refractivity contribution in [3.05, 3.63) is 28.4 Å². The summed E-state index contributed by atoms with van der Waals surface area (Å²) in [5.41, 5.74) is 2.34. The van der Waals surface area contributed by atoms with Gasteiger partial charge in [-0.05, 0) is 37.6 Å². The van der Waals surface area contributed by atoms with Crippen LogP contribution in [0.1, 0.15) is 37.7 Å². The lowest BCUT2D eigenvalue weighted by Crippen LogP contribution is -2.33. The van der Waals surface area contributed by atoms with Crippen LogP contribution >= 0.6 is 0 Å². The maximum Gasteiger partial charge on any atom is 0.307 e. The van der Waals surface area contributed by atoms with E-state index in [0.717, 1.165) is 17.9 Å². The van der Waals surface area contributed by atoms with Gasteiger partial charge in [-0.15, -0.1) is 0 Å². The van der Waals surface area contributed by atoms with E-state index in [4.69, 9.17) is 0 Å². The maximum atomic E-state index is 14.4. The van der Waals surface area contributed by atoms with Gasteiger partial charge in [0.15, 0.2) is 18.0 Å². The Bertz CT molecular complexity index is 638. The van der Waals surface area contributed by atoms with Gasteiger partial charge in [0, 0.05) is 12.6 Å².